The Kier molecular flexibility index (Phi) is 6.29. The summed E-state index contributed by atoms with van der Waals surface area (Å²) >= 11 is 0. The summed E-state index contributed by atoms with van der Waals surface area (Å²) < 4.78 is 10.4. The molecule has 0 aliphatic rings. The standard InChI is InChI=1S/C22H23N3O4.H2/c1-15-4-6-18(7-5-15)14-29-22(27)24-19-10-8-17(9-11-19)12-25(3)21(26)20-23-16(2)13-28-20;/h4-11,13H,12,14H2,1-3H3,(H,24,27);1H. The summed E-state index contributed by atoms with van der Waals surface area (Å²) in [5, 5.41) is 2.69. The van der Waals surface area contributed by atoms with E-state index < -0.39 is 6.09 Å². The summed E-state index contributed by atoms with van der Waals surface area (Å²) in [7, 11) is 1.68. The van der Waals surface area contributed by atoms with Gasteiger partial charge in [0, 0.05) is 20.7 Å². The van der Waals surface area contributed by atoms with Gasteiger partial charge in [-0.2, -0.15) is 0 Å². The number of anilines is 1. The van der Waals surface area contributed by atoms with Gasteiger partial charge in [-0.1, -0.05) is 42.0 Å². The lowest BCUT2D eigenvalue weighted by Crippen LogP contribution is -2.26. The Labute approximate surface area is 170 Å². The maximum Gasteiger partial charge on any atom is 0.411 e. The number of amides is 2. The van der Waals surface area contributed by atoms with Crippen molar-refractivity contribution in [3.63, 3.8) is 0 Å². The molecule has 29 heavy (non-hydrogen) atoms. The van der Waals surface area contributed by atoms with E-state index in [0.29, 0.717) is 17.9 Å². The van der Waals surface area contributed by atoms with Crippen LogP contribution in [0.4, 0.5) is 10.5 Å². The Balaban J connectivity index is 0.00000320. The second-order valence-electron chi connectivity index (χ2n) is 6.84. The van der Waals surface area contributed by atoms with Gasteiger partial charge in [0.1, 0.15) is 12.9 Å². The van der Waals surface area contributed by atoms with Crippen molar-refractivity contribution < 1.29 is 20.2 Å². The smallest absolute Gasteiger partial charge is 0.411 e. The Hall–Kier alpha value is -3.61. The van der Waals surface area contributed by atoms with Crippen LogP contribution in [0.2, 0.25) is 0 Å². The van der Waals surface area contributed by atoms with Crippen LogP contribution in [0.3, 0.4) is 0 Å². The van der Waals surface area contributed by atoms with Gasteiger partial charge in [-0.15, -0.1) is 0 Å². The molecule has 0 spiro atoms. The Morgan fingerprint density at radius 3 is 2.34 bits per heavy atom. The van der Waals surface area contributed by atoms with Crippen molar-refractivity contribution in [3.05, 3.63) is 83.1 Å². The Morgan fingerprint density at radius 1 is 1.07 bits per heavy atom. The number of aryl methyl sites for hydroxylation is 2. The van der Waals surface area contributed by atoms with Crippen molar-refractivity contribution in [1.29, 1.82) is 0 Å². The second kappa shape index (κ2) is 9.05. The molecular weight excluding hydrogens is 370 g/mol. The highest BCUT2D eigenvalue weighted by Crippen LogP contribution is 2.13. The molecule has 7 heteroatoms. The molecule has 0 saturated carbocycles. The quantitative estimate of drug-likeness (QED) is 0.661. The predicted octanol–water partition coefficient (Wildman–Crippen LogP) is 4.56. The first-order valence-electron chi connectivity index (χ1n) is 9.16. The Morgan fingerprint density at radius 2 is 1.72 bits per heavy atom. The highest BCUT2D eigenvalue weighted by Gasteiger charge is 2.17. The van der Waals surface area contributed by atoms with Crippen LogP contribution in [0, 0.1) is 13.8 Å². The molecule has 1 aromatic heterocycles. The van der Waals surface area contributed by atoms with E-state index in [-0.39, 0.29) is 19.8 Å². The zero-order valence-corrected chi connectivity index (χ0v) is 16.6. The molecule has 0 unspecified atom stereocenters. The van der Waals surface area contributed by atoms with Gasteiger partial charge in [-0.3, -0.25) is 10.1 Å². The van der Waals surface area contributed by atoms with Gasteiger partial charge in [0.25, 0.3) is 5.89 Å². The summed E-state index contributed by atoms with van der Waals surface area (Å²) in [4.78, 5) is 29.8. The SMILES string of the molecule is Cc1ccc(COC(=O)Nc2ccc(CN(C)C(=O)c3nc(C)co3)cc2)cc1.[HH]. The average Bonchev–Trinajstić information content (AvgIpc) is 3.14. The lowest BCUT2D eigenvalue weighted by atomic mass is 10.2. The number of oxazole rings is 1. The van der Waals surface area contributed by atoms with Crippen molar-refractivity contribution in [3.8, 4) is 0 Å². The number of hydrogen-bond donors (Lipinski definition) is 1. The number of hydrogen-bond acceptors (Lipinski definition) is 5. The van der Waals surface area contributed by atoms with Crippen LogP contribution in [0.5, 0.6) is 0 Å². The molecular formula is C22H25N3O4. The van der Waals surface area contributed by atoms with Crippen LogP contribution < -0.4 is 5.32 Å². The third-order valence-corrected chi connectivity index (χ3v) is 4.26. The number of aromatic nitrogens is 1. The van der Waals surface area contributed by atoms with Crippen LogP contribution in [0.15, 0.2) is 59.2 Å². The van der Waals surface area contributed by atoms with Gasteiger partial charge in [0.05, 0.1) is 5.69 Å². The molecule has 0 aliphatic heterocycles. The van der Waals surface area contributed by atoms with Crippen molar-refractivity contribution in [2.75, 3.05) is 12.4 Å². The second-order valence-corrected chi connectivity index (χ2v) is 6.84. The number of nitrogens with zero attached hydrogens (tertiary/aromatic N) is 2. The molecule has 1 heterocycles. The number of rotatable bonds is 6. The van der Waals surface area contributed by atoms with Gasteiger partial charge < -0.3 is 14.1 Å². The first kappa shape index (κ1) is 20.1. The highest BCUT2D eigenvalue weighted by molar-refractivity contribution is 5.89. The van der Waals surface area contributed by atoms with Gasteiger partial charge in [-0.25, -0.2) is 9.78 Å². The van der Waals surface area contributed by atoms with E-state index in [1.165, 1.54) is 11.2 Å². The maximum atomic E-state index is 12.3. The molecule has 0 radical (unpaired) electrons. The van der Waals surface area contributed by atoms with Gasteiger partial charge in [0.15, 0.2) is 0 Å². The van der Waals surface area contributed by atoms with E-state index in [0.717, 1.165) is 16.7 Å². The fraction of sp³-hybridized carbons (Fsp3) is 0.227. The summed E-state index contributed by atoms with van der Waals surface area (Å²) in [6.07, 6.45) is 0.921. The summed E-state index contributed by atoms with van der Waals surface area (Å²) in [5.74, 6) is -0.223. The zero-order valence-electron chi connectivity index (χ0n) is 16.6. The molecule has 0 bridgehead atoms. The summed E-state index contributed by atoms with van der Waals surface area (Å²) in [6, 6.07) is 15.0. The summed E-state index contributed by atoms with van der Waals surface area (Å²) in [5.41, 5.74) is 4.25. The highest BCUT2D eigenvalue weighted by atomic mass is 16.5. The minimum atomic E-state index is -0.523. The normalized spacial score (nSPS) is 10.4. The first-order chi connectivity index (χ1) is 13.9. The Bertz CT molecular complexity index is 984. The molecule has 0 atom stereocenters. The third kappa shape index (κ3) is 5.68. The minimum Gasteiger partial charge on any atom is -0.444 e. The zero-order chi connectivity index (χ0) is 20.8. The molecule has 1 N–H and O–H groups in total. The van der Waals surface area contributed by atoms with E-state index in [4.69, 9.17) is 9.15 Å². The van der Waals surface area contributed by atoms with Crippen LogP contribution in [-0.4, -0.2) is 28.9 Å². The van der Waals surface area contributed by atoms with E-state index in [2.05, 4.69) is 10.3 Å². The van der Waals surface area contributed by atoms with E-state index in [1.807, 2.05) is 43.3 Å². The van der Waals surface area contributed by atoms with E-state index in [9.17, 15) is 9.59 Å². The molecule has 0 aliphatic carbocycles. The van der Waals surface area contributed by atoms with Crippen LogP contribution in [0.25, 0.3) is 0 Å². The average molecular weight is 395 g/mol. The molecule has 3 aromatic rings. The van der Waals surface area contributed by atoms with Crippen molar-refractivity contribution in [2.45, 2.75) is 27.0 Å². The molecule has 7 nitrogen and oxygen atoms in total. The van der Waals surface area contributed by atoms with Crippen LogP contribution in [-0.2, 0) is 17.9 Å². The number of benzene rings is 2. The number of carbonyl (C=O) groups excluding carboxylic acids is 2. The van der Waals surface area contributed by atoms with E-state index >= 15 is 0 Å². The van der Waals surface area contributed by atoms with Crippen molar-refractivity contribution in [1.82, 2.24) is 9.88 Å². The van der Waals surface area contributed by atoms with Crippen LogP contribution in [0.1, 0.15) is 34.5 Å². The van der Waals surface area contributed by atoms with Crippen molar-refractivity contribution in [2.24, 2.45) is 0 Å². The molecule has 0 saturated heterocycles. The van der Waals surface area contributed by atoms with Gasteiger partial charge in [0.2, 0.25) is 0 Å². The third-order valence-electron chi connectivity index (χ3n) is 4.26. The molecule has 3 rings (SSSR count). The van der Waals surface area contributed by atoms with Gasteiger partial charge in [-0.05, 0) is 37.1 Å². The molecule has 2 amide bonds. The largest absolute Gasteiger partial charge is 0.444 e. The van der Waals surface area contributed by atoms with Gasteiger partial charge >= 0.3 is 12.0 Å². The van der Waals surface area contributed by atoms with Crippen molar-refractivity contribution >= 4 is 17.7 Å². The lowest BCUT2D eigenvalue weighted by Gasteiger charge is -2.15. The fourth-order valence-corrected chi connectivity index (χ4v) is 2.64. The first-order valence-corrected chi connectivity index (χ1v) is 9.16. The maximum absolute atomic E-state index is 12.3. The molecule has 152 valence electrons. The van der Waals surface area contributed by atoms with Crippen LogP contribution >= 0.6 is 0 Å². The number of nitrogens with one attached hydrogen (secondary N) is 1. The fourth-order valence-electron chi connectivity index (χ4n) is 2.64. The van der Waals surface area contributed by atoms with E-state index in [1.54, 1.807) is 26.1 Å². The molecule has 2 aromatic carbocycles. The number of ether oxygens (including phenoxy) is 1. The predicted molar refractivity (Wildman–Crippen MR) is 111 cm³/mol. The molecule has 0 fully saturated rings. The summed E-state index contributed by atoms with van der Waals surface area (Å²) in [6.45, 7) is 4.36. The number of carbonyl (C=O) groups is 2. The monoisotopic (exact) mass is 395 g/mol. The minimum absolute atomic E-state index is 0. The topological polar surface area (TPSA) is 84.7 Å². The lowest BCUT2D eigenvalue weighted by molar-refractivity contribution is 0.0745.